The van der Waals surface area contributed by atoms with Crippen LogP contribution < -0.4 is 10.1 Å². The van der Waals surface area contributed by atoms with E-state index < -0.39 is 10.0 Å². The first kappa shape index (κ1) is 24.2. The topological polar surface area (TPSA) is 96.0 Å². The molecule has 0 bridgehead atoms. The van der Waals surface area contributed by atoms with E-state index in [1.807, 2.05) is 11.8 Å². The third kappa shape index (κ3) is 5.42. The van der Waals surface area contributed by atoms with Gasteiger partial charge < -0.3 is 15.0 Å². The van der Waals surface area contributed by atoms with Crippen molar-refractivity contribution >= 4 is 27.5 Å². The third-order valence-corrected chi connectivity index (χ3v) is 8.28. The highest BCUT2D eigenvalue weighted by molar-refractivity contribution is 7.89. The number of rotatable bonds is 7. The summed E-state index contributed by atoms with van der Waals surface area (Å²) in [6.07, 6.45) is 2.92. The van der Waals surface area contributed by atoms with Crippen LogP contribution in [0.4, 0.5) is 5.69 Å². The summed E-state index contributed by atoms with van der Waals surface area (Å²) >= 11 is 0. The van der Waals surface area contributed by atoms with Crippen LogP contribution in [0.15, 0.2) is 53.4 Å². The first-order valence-corrected chi connectivity index (χ1v) is 13.3. The number of nitrogens with one attached hydrogen (secondary N) is 1. The highest BCUT2D eigenvalue weighted by Crippen LogP contribution is 2.26. The molecule has 0 atom stereocenters. The Balaban J connectivity index is 1.34. The summed E-state index contributed by atoms with van der Waals surface area (Å²) in [6, 6.07) is 13.4. The Bertz CT molecular complexity index is 1120. The summed E-state index contributed by atoms with van der Waals surface area (Å²) in [7, 11) is -3.62. The summed E-state index contributed by atoms with van der Waals surface area (Å²) < 4.78 is 32.8. The third-order valence-electron chi connectivity index (χ3n) is 6.37. The molecule has 9 heteroatoms. The molecule has 2 fully saturated rings. The number of carbonyl (C=O) groups excluding carboxylic acids is 2. The van der Waals surface area contributed by atoms with Crippen molar-refractivity contribution in [2.24, 2.45) is 5.92 Å². The van der Waals surface area contributed by atoms with Gasteiger partial charge in [0.2, 0.25) is 15.9 Å². The van der Waals surface area contributed by atoms with Crippen molar-refractivity contribution in [1.82, 2.24) is 9.21 Å². The number of sulfonamides is 1. The molecule has 2 saturated heterocycles. The average Bonchev–Trinajstić information content (AvgIpc) is 3.39. The minimum absolute atomic E-state index is 0.0126. The second kappa shape index (κ2) is 10.6. The van der Waals surface area contributed by atoms with Gasteiger partial charge in [0.25, 0.3) is 5.91 Å². The Hall–Kier alpha value is -2.91. The fourth-order valence-electron chi connectivity index (χ4n) is 4.46. The van der Waals surface area contributed by atoms with Gasteiger partial charge in [0.15, 0.2) is 0 Å². The average molecular weight is 486 g/mol. The number of nitrogens with zero attached hydrogens (tertiary/aromatic N) is 2. The molecule has 2 aliphatic rings. The van der Waals surface area contributed by atoms with Crippen LogP contribution in [0.25, 0.3) is 0 Å². The van der Waals surface area contributed by atoms with Crippen molar-refractivity contribution in [2.45, 2.75) is 37.5 Å². The van der Waals surface area contributed by atoms with Crippen LogP contribution in [0.5, 0.6) is 5.75 Å². The molecule has 0 aliphatic carbocycles. The van der Waals surface area contributed by atoms with Crippen LogP contribution in [0, 0.1) is 5.92 Å². The molecule has 0 saturated carbocycles. The van der Waals surface area contributed by atoms with Crippen molar-refractivity contribution in [3.8, 4) is 5.75 Å². The lowest BCUT2D eigenvalue weighted by Crippen LogP contribution is -2.41. The van der Waals surface area contributed by atoms with E-state index in [1.54, 1.807) is 48.5 Å². The second-order valence-corrected chi connectivity index (χ2v) is 10.6. The fraction of sp³-hybridized carbons (Fsp3) is 0.440. The van der Waals surface area contributed by atoms with E-state index in [0.29, 0.717) is 36.4 Å². The normalized spacial score (nSPS) is 17.5. The van der Waals surface area contributed by atoms with Gasteiger partial charge in [0.05, 0.1) is 11.5 Å². The standard InChI is InChI=1S/C25H31N3O5S/c1-2-33-22-8-10-23(11-9-22)34(31,32)28-16-12-19(13-17-28)24(29)26-21-7-5-6-20(18-21)25(30)27-14-3-4-15-27/h5-11,18-19H,2-4,12-17H2,1H3,(H,26,29). The van der Waals surface area contributed by atoms with Crippen LogP contribution in [0.3, 0.4) is 0 Å². The second-order valence-electron chi connectivity index (χ2n) is 8.65. The summed E-state index contributed by atoms with van der Waals surface area (Å²) in [6.45, 7) is 4.49. The van der Waals surface area contributed by atoms with Gasteiger partial charge in [-0.25, -0.2) is 8.42 Å². The summed E-state index contributed by atoms with van der Waals surface area (Å²) in [5.41, 5.74) is 1.15. The quantitative estimate of drug-likeness (QED) is 0.649. The molecule has 2 aromatic carbocycles. The van der Waals surface area contributed by atoms with Crippen LogP contribution in [0.1, 0.15) is 43.0 Å². The number of hydrogen-bond donors (Lipinski definition) is 1. The lowest BCUT2D eigenvalue weighted by atomic mass is 9.97. The fourth-order valence-corrected chi connectivity index (χ4v) is 5.93. The van der Waals surface area contributed by atoms with Gasteiger partial charge in [-0.2, -0.15) is 4.31 Å². The van der Waals surface area contributed by atoms with Crippen molar-refractivity contribution in [1.29, 1.82) is 0 Å². The molecule has 2 aliphatic heterocycles. The molecular weight excluding hydrogens is 454 g/mol. The monoisotopic (exact) mass is 485 g/mol. The number of amides is 2. The van der Waals surface area contributed by atoms with Gasteiger partial charge in [-0.15, -0.1) is 0 Å². The van der Waals surface area contributed by atoms with Crippen molar-refractivity contribution in [3.05, 3.63) is 54.1 Å². The van der Waals surface area contributed by atoms with Gasteiger partial charge in [0, 0.05) is 43.3 Å². The maximum Gasteiger partial charge on any atom is 0.253 e. The molecule has 34 heavy (non-hydrogen) atoms. The van der Waals surface area contributed by atoms with Crippen molar-refractivity contribution in [2.75, 3.05) is 38.1 Å². The summed E-state index contributed by atoms with van der Waals surface area (Å²) in [5.74, 6) is 0.179. The van der Waals surface area contributed by atoms with Crippen LogP contribution in [-0.4, -0.2) is 62.2 Å². The number of likely N-dealkylation sites (tertiary alicyclic amines) is 1. The number of hydrogen-bond acceptors (Lipinski definition) is 5. The Morgan fingerprint density at radius 2 is 1.68 bits per heavy atom. The lowest BCUT2D eigenvalue weighted by molar-refractivity contribution is -0.120. The first-order chi connectivity index (χ1) is 16.4. The molecule has 0 spiro atoms. The van der Waals surface area contributed by atoms with Gasteiger partial charge in [-0.05, 0) is 75.1 Å². The zero-order valence-electron chi connectivity index (χ0n) is 19.4. The highest BCUT2D eigenvalue weighted by Gasteiger charge is 2.32. The first-order valence-electron chi connectivity index (χ1n) is 11.8. The molecule has 8 nitrogen and oxygen atoms in total. The van der Waals surface area contributed by atoms with Crippen LogP contribution in [0.2, 0.25) is 0 Å². The molecule has 4 rings (SSSR count). The molecule has 0 unspecified atom stereocenters. The highest BCUT2D eigenvalue weighted by atomic mass is 32.2. The molecular formula is C25H31N3O5S. The Kier molecular flexibility index (Phi) is 7.53. The van der Waals surface area contributed by atoms with Crippen LogP contribution >= 0.6 is 0 Å². The van der Waals surface area contributed by atoms with E-state index >= 15 is 0 Å². The zero-order valence-corrected chi connectivity index (χ0v) is 20.2. The van der Waals surface area contributed by atoms with E-state index in [0.717, 1.165) is 25.9 Å². The maximum atomic E-state index is 13.0. The van der Waals surface area contributed by atoms with E-state index in [4.69, 9.17) is 4.74 Å². The smallest absolute Gasteiger partial charge is 0.253 e. The Labute approximate surface area is 200 Å². The van der Waals surface area contributed by atoms with Gasteiger partial charge in [-0.3, -0.25) is 9.59 Å². The molecule has 2 aromatic rings. The SMILES string of the molecule is CCOc1ccc(S(=O)(=O)N2CCC(C(=O)Nc3cccc(C(=O)N4CCCC4)c3)CC2)cc1. The predicted octanol–water partition coefficient (Wildman–Crippen LogP) is 3.36. The number of carbonyl (C=O) groups is 2. The minimum Gasteiger partial charge on any atom is -0.494 e. The molecule has 2 heterocycles. The van der Waals surface area contributed by atoms with Gasteiger partial charge in [-0.1, -0.05) is 6.07 Å². The number of benzene rings is 2. The molecule has 0 radical (unpaired) electrons. The lowest BCUT2D eigenvalue weighted by Gasteiger charge is -2.30. The molecule has 1 N–H and O–H groups in total. The van der Waals surface area contributed by atoms with Gasteiger partial charge in [0.1, 0.15) is 5.75 Å². The van der Waals surface area contributed by atoms with Crippen molar-refractivity contribution in [3.63, 3.8) is 0 Å². The number of ether oxygens (including phenoxy) is 1. The maximum absolute atomic E-state index is 13.0. The Morgan fingerprint density at radius 3 is 2.32 bits per heavy atom. The molecule has 182 valence electrons. The summed E-state index contributed by atoms with van der Waals surface area (Å²) in [5, 5.41) is 2.91. The number of anilines is 1. The largest absolute Gasteiger partial charge is 0.494 e. The van der Waals surface area contributed by atoms with Crippen molar-refractivity contribution < 1.29 is 22.7 Å². The van der Waals surface area contributed by atoms with E-state index in [1.165, 1.54) is 4.31 Å². The minimum atomic E-state index is -3.62. The van der Waals surface area contributed by atoms with Gasteiger partial charge >= 0.3 is 0 Å². The van der Waals surface area contributed by atoms with Crippen LogP contribution in [-0.2, 0) is 14.8 Å². The van der Waals surface area contributed by atoms with E-state index in [-0.39, 0.29) is 35.7 Å². The Morgan fingerprint density at radius 1 is 1.00 bits per heavy atom. The molecule has 2 amide bonds. The van der Waals surface area contributed by atoms with E-state index in [9.17, 15) is 18.0 Å². The predicted molar refractivity (Wildman–Crippen MR) is 129 cm³/mol. The zero-order chi connectivity index (χ0) is 24.1. The summed E-state index contributed by atoms with van der Waals surface area (Å²) in [4.78, 5) is 27.5. The molecule has 0 aromatic heterocycles. The van der Waals surface area contributed by atoms with E-state index in [2.05, 4.69) is 5.32 Å². The number of piperidine rings is 1.